The Morgan fingerprint density at radius 3 is 1.41 bits per heavy atom. The van der Waals surface area contributed by atoms with E-state index in [0.717, 1.165) is 6.92 Å². The predicted octanol–water partition coefficient (Wildman–Crippen LogP) is -10.8. The highest BCUT2D eigenvalue weighted by atomic mass is 16.8. The number of hydrogen-bond donors (Lipinski definition) is 16. The first-order chi connectivity index (χ1) is 27.4. The largest absolute Gasteiger partial charge is 0.394 e. The second-order valence-electron chi connectivity index (χ2n) is 14.7. The lowest BCUT2D eigenvalue weighted by molar-refractivity contribution is -0.391. The van der Waals surface area contributed by atoms with Gasteiger partial charge in [0.1, 0.15) is 116 Å². The summed E-state index contributed by atoms with van der Waals surface area (Å²) in [6, 6.07) is -1.75. The number of carbonyl (C=O) groups excluding carboxylic acids is 1. The average Bonchev–Trinajstić information content (AvgIpc) is 3.19. The lowest BCUT2D eigenvalue weighted by Gasteiger charge is -2.51. The summed E-state index contributed by atoms with van der Waals surface area (Å²) in [6.07, 6.45) is -43.8. The van der Waals surface area contributed by atoms with Gasteiger partial charge in [0.15, 0.2) is 31.5 Å². The molecule has 0 unspecified atom stereocenters. The summed E-state index contributed by atoms with van der Waals surface area (Å²) in [5, 5.41) is 160. The van der Waals surface area contributed by atoms with Crippen LogP contribution in [0.3, 0.4) is 0 Å². The van der Waals surface area contributed by atoms with E-state index in [9.17, 15) is 81.4 Å². The summed E-state index contributed by atoms with van der Waals surface area (Å²) in [4.78, 5) is 12.8. The highest BCUT2D eigenvalue weighted by molar-refractivity contribution is 5.73. The molecule has 0 radical (unpaired) electrons. The highest BCUT2D eigenvalue weighted by Gasteiger charge is 2.57. The molecule has 26 nitrogen and oxygen atoms in total. The molecule has 338 valence electrons. The molecule has 1 amide bonds. The lowest BCUT2D eigenvalue weighted by Crippen LogP contribution is -2.71. The van der Waals surface area contributed by atoms with Crippen LogP contribution in [0.1, 0.15) is 13.8 Å². The van der Waals surface area contributed by atoms with E-state index in [1.54, 1.807) is 0 Å². The van der Waals surface area contributed by atoms with Crippen LogP contribution in [0.4, 0.5) is 0 Å². The van der Waals surface area contributed by atoms with Crippen molar-refractivity contribution < 1.29 is 124 Å². The molecular weight excluding hydrogens is 798 g/mol. The van der Waals surface area contributed by atoms with Crippen molar-refractivity contribution >= 4 is 5.91 Å². The molecule has 5 saturated heterocycles. The quantitative estimate of drug-likeness (QED) is 0.0818. The minimum absolute atomic E-state index is 0.839. The van der Waals surface area contributed by atoms with Crippen molar-refractivity contribution in [3.05, 3.63) is 0 Å². The van der Waals surface area contributed by atoms with Crippen LogP contribution in [0, 0.1) is 0 Å². The van der Waals surface area contributed by atoms with E-state index in [1.807, 2.05) is 0 Å². The van der Waals surface area contributed by atoms with Gasteiger partial charge in [-0.3, -0.25) is 4.79 Å². The molecule has 0 bridgehead atoms. The first-order valence-electron chi connectivity index (χ1n) is 18.5. The van der Waals surface area contributed by atoms with Crippen molar-refractivity contribution in [3.8, 4) is 0 Å². The van der Waals surface area contributed by atoms with E-state index < -0.39 is 186 Å². The Bertz CT molecular complexity index is 1310. The molecule has 5 aliphatic heterocycles. The number of ether oxygens (including phenoxy) is 9. The van der Waals surface area contributed by atoms with Gasteiger partial charge in [-0.1, -0.05) is 0 Å². The number of amides is 1. The van der Waals surface area contributed by atoms with Gasteiger partial charge in [0, 0.05) is 6.92 Å². The molecule has 0 spiro atoms. The SMILES string of the molecule is CC(=O)N[C@H]1[C@H](O[C@H]2[C@@H](O)[C@@H](CO)O[C@@H](O[C@@H]3[C@@H](O)[C@H](O)O[C@H](CO)[C@H]3O)[C@@H]2O)O[C@H](CO)[C@@H](O[C@@H]2O[C@@H](C)[C@@H](O)[C@@H](O)[C@@H]2O)[C@@H]1O[C@@H]1O[C@H](CO)[C@H](O)[C@H](O)[C@H]1O. The molecule has 0 aliphatic carbocycles. The van der Waals surface area contributed by atoms with Gasteiger partial charge in [-0.25, -0.2) is 0 Å². The molecule has 5 aliphatic rings. The van der Waals surface area contributed by atoms with Crippen LogP contribution in [0.25, 0.3) is 0 Å². The molecule has 0 aromatic carbocycles. The number of hydrogen-bond acceptors (Lipinski definition) is 25. The van der Waals surface area contributed by atoms with Gasteiger partial charge < -0.3 is 125 Å². The predicted molar refractivity (Wildman–Crippen MR) is 177 cm³/mol. The standard InChI is InChI=1S/C32H55NO25/c1-7-14(39)18(43)20(45)30(50-7)55-24-12(6-37)54-29(13(33-8(2)38)25(24)56-31-21(46)19(44)15(40)9(3-34)52-31)57-27-17(42)11(5-36)53-32(23(27)48)58-26-16(41)10(4-35)51-28(49)22(26)47/h7,9-32,34-37,39-49H,3-6H2,1-2H3,(H,33,38)/t7-,9+,10+,11+,12+,13+,14+,15-,16+,17-,18+,19-,20-,21+,22+,23+,24+,25+,26-,27-,28+,29-,30-,31-,32-/m0/s1. The van der Waals surface area contributed by atoms with Crippen molar-refractivity contribution in [1.29, 1.82) is 0 Å². The van der Waals surface area contributed by atoms with Gasteiger partial charge in [0.05, 0.1) is 32.5 Å². The third kappa shape index (κ3) is 9.75. The zero-order chi connectivity index (χ0) is 42.9. The van der Waals surface area contributed by atoms with E-state index in [0.29, 0.717) is 0 Å². The molecule has 16 N–H and O–H groups in total. The Morgan fingerprint density at radius 2 is 0.862 bits per heavy atom. The Balaban J connectivity index is 1.50. The Hall–Kier alpha value is -1.49. The van der Waals surface area contributed by atoms with Crippen LogP contribution in [-0.2, 0) is 47.4 Å². The first kappa shape index (κ1) is 47.6. The maximum atomic E-state index is 12.8. The number of carbonyl (C=O) groups is 1. The minimum atomic E-state index is -2.14. The Labute approximate surface area is 329 Å². The Kier molecular flexibility index (Phi) is 16.5. The van der Waals surface area contributed by atoms with Gasteiger partial charge in [-0.05, 0) is 6.92 Å². The van der Waals surface area contributed by atoms with Crippen LogP contribution in [0.5, 0.6) is 0 Å². The van der Waals surface area contributed by atoms with Crippen LogP contribution in [-0.4, -0.2) is 262 Å². The van der Waals surface area contributed by atoms with Gasteiger partial charge in [-0.2, -0.15) is 0 Å². The molecule has 0 aromatic rings. The summed E-state index contributed by atoms with van der Waals surface area (Å²) in [5.41, 5.74) is 0. The fourth-order valence-electron chi connectivity index (χ4n) is 7.36. The third-order valence-corrected chi connectivity index (χ3v) is 10.7. The molecule has 58 heavy (non-hydrogen) atoms. The zero-order valence-electron chi connectivity index (χ0n) is 31.1. The monoisotopic (exact) mass is 853 g/mol. The summed E-state index contributed by atoms with van der Waals surface area (Å²) < 4.78 is 51.1. The summed E-state index contributed by atoms with van der Waals surface area (Å²) in [5.74, 6) is -0.839. The molecule has 26 heteroatoms. The van der Waals surface area contributed by atoms with Gasteiger partial charge >= 0.3 is 0 Å². The maximum absolute atomic E-state index is 12.8. The number of aliphatic hydroxyl groups excluding tert-OH is 15. The second-order valence-corrected chi connectivity index (χ2v) is 14.7. The van der Waals surface area contributed by atoms with E-state index in [-0.39, 0.29) is 0 Å². The first-order valence-corrected chi connectivity index (χ1v) is 18.5. The third-order valence-electron chi connectivity index (χ3n) is 10.7. The topological polar surface area (TPSA) is 416 Å². The molecule has 5 fully saturated rings. The smallest absolute Gasteiger partial charge is 0.217 e. The molecule has 0 saturated carbocycles. The van der Waals surface area contributed by atoms with Crippen molar-refractivity contribution in [2.75, 3.05) is 26.4 Å². The fraction of sp³-hybridized carbons (Fsp3) is 0.969. The number of rotatable bonds is 13. The van der Waals surface area contributed by atoms with Gasteiger partial charge in [-0.15, -0.1) is 0 Å². The van der Waals surface area contributed by atoms with Crippen molar-refractivity contribution in [1.82, 2.24) is 5.32 Å². The van der Waals surface area contributed by atoms with Crippen molar-refractivity contribution in [3.63, 3.8) is 0 Å². The zero-order valence-corrected chi connectivity index (χ0v) is 31.1. The van der Waals surface area contributed by atoms with Gasteiger partial charge in [0.25, 0.3) is 0 Å². The molecule has 5 heterocycles. The van der Waals surface area contributed by atoms with Crippen LogP contribution < -0.4 is 5.32 Å². The van der Waals surface area contributed by atoms with E-state index >= 15 is 0 Å². The molecule has 5 rings (SSSR count). The van der Waals surface area contributed by atoms with Crippen LogP contribution >= 0.6 is 0 Å². The second kappa shape index (κ2) is 20.1. The van der Waals surface area contributed by atoms with E-state index in [1.165, 1.54) is 6.92 Å². The van der Waals surface area contributed by atoms with Crippen LogP contribution in [0.2, 0.25) is 0 Å². The van der Waals surface area contributed by atoms with Crippen LogP contribution in [0.15, 0.2) is 0 Å². The van der Waals surface area contributed by atoms with Crippen molar-refractivity contribution in [2.24, 2.45) is 0 Å². The molecule has 25 atom stereocenters. The summed E-state index contributed by atoms with van der Waals surface area (Å²) in [6.45, 7) is -1.35. The molecular formula is C32H55NO25. The fourth-order valence-corrected chi connectivity index (χ4v) is 7.36. The molecule has 0 aromatic heterocycles. The van der Waals surface area contributed by atoms with Gasteiger partial charge in [0.2, 0.25) is 5.91 Å². The average molecular weight is 854 g/mol. The normalized spacial score (nSPS) is 51.6. The van der Waals surface area contributed by atoms with E-state index in [4.69, 9.17) is 42.6 Å². The summed E-state index contributed by atoms with van der Waals surface area (Å²) >= 11 is 0. The summed E-state index contributed by atoms with van der Waals surface area (Å²) in [7, 11) is 0. The lowest BCUT2D eigenvalue weighted by atomic mass is 9.93. The highest BCUT2D eigenvalue weighted by Crippen LogP contribution is 2.36. The Morgan fingerprint density at radius 1 is 0.448 bits per heavy atom. The van der Waals surface area contributed by atoms with E-state index in [2.05, 4.69) is 5.32 Å². The number of nitrogens with one attached hydrogen (secondary N) is 1. The number of aliphatic hydroxyl groups is 15. The van der Waals surface area contributed by atoms with Crippen molar-refractivity contribution in [2.45, 2.75) is 167 Å². The maximum Gasteiger partial charge on any atom is 0.217 e. The minimum Gasteiger partial charge on any atom is -0.394 e.